The van der Waals surface area contributed by atoms with Crippen molar-refractivity contribution in [3.8, 4) is 0 Å². The van der Waals surface area contributed by atoms with E-state index in [9.17, 15) is 9.90 Å². The fourth-order valence-corrected chi connectivity index (χ4v) is 4.28. The molecule has 4 rings (SSSR count). The van der Waals surface area contributed by atoms with Gasteiger partial charge in [0, 0.05) is 44.2 Å². The van der Waals surface area contributed by atoms with Crippen LogP contribution < -0.4 is 0 Å². The van der Waals surface area contributed by atoms with Gasteiger partial charge in [-0.05, 0) is 25.7 Å². The number of ether oxygens (including phenoxy) is 1. The Morgan fingerprint density at radius 3 is 2.83 bits per heavy atom. The van der Waals surface area contributed by atoms with Gasteiger partial charge in [0.2, 0.25) is 0 Å². The minimum absolute atomic E-state index is 0.0586. The first-order valence-electron chi connectivity index (χ1n) is 8.86. The van der Waals surface area contributed by atoms with Gasteiger partial charge in [0.1, 0.15) is 5.76 Å². The second-order valence-electron chi connectivity index (χ2n) is 7.23. The highest BCUT2D eigenvalue weighted by molar-refractivity contribution is 5.94. The van der Waals surface area contributed by atoms with E-state index in [4.69, 9.17) is 9.26 Å². The van der Waals surface area contributed by atoms with E-state index in [0.29, 0.717) is 30.5 Å². The number of aryl methyl sites for hydroxylation is 1. The number of aliphatic hydroxyl groups excluding tert-OH is 1. The average molecular weight is 335 g/mol. The van der Waals surface area contributed by atoms with Crippen LogP contribution >= 0.6 is 0 Å². The van der Waals surface area contributed by atoms with E-state index in [1.807, 2.05) is 11.8 Å². The average Bonchev–Trinajstić information content (AvgIpc) is 3.26. The maximum atomic E-state index is 12.9. The van der Waals surface area contributed by atoms with Crippen LogP contribution in [0.3, 0.4) is 0 Å². The van der Waals surface area contributed by atoms with Gasteiger partial charge in [-0.2, -0.15) is 0 Å². The monoisotopic (exact) mass is 335 g/mol. The third-order valence-corrected chi connectivity index (χ3v) is 5.78. The fraction of sp³-hybridized carbons (Fsp3) is 0.765. The van der Waals surface area contributed by atoms with Crippen molar-refractivity contribution in [3.05, 3.63) is 17.0 Å². The third kappa shape index (κ3) is 2.85. The predicted molar refractivity (Wildman–Crippen MR) is 85.5 cm³/mol. The zero-order chi connectivity index (χ0) is 16.7. The van der Waals surface area contributed by atoms with Crippen LogP contribution in [0.25, 0.3) is 0 Å². The lowest BCUT2D eigenvalue weighted by Crippen LogP contribution is -2.37. The number of carbonyl (C=O) groups is 1. The van der Waals surface area contributed by atoms with Crippen LogP contribution in [0.5, 0.6) is 0 Å². The van der Waals surface area contributed by atoms with Crippen LogP contribution in [0.15, 0.2) is 4.52 Å². The lowest BCUT2D eigenvalue weighted by molar-refractivity contribution is 0.0338. The van der Waals surface area contributed by atoms with Crippen molar-refractivity contribution in [2.75, 3.05) is 39.4 Å². The smallest absolute Gasteiger partial charge is 0.276 e. The first-order chi connectivity index (χ1) is 11.6. The Morgan fingerprint density at radius 2 is 2.08 bits per heavy atom. The lowest BCUT2D eigenvalue weighted by atomic mass is 10.00. The third-order valence-electron chi connectivity index (χ3n) is 5.78. The summed E-state index contributed by atoms with van der Waals surface area (Å²) in [5, 5.41) is 14.1. The number of aromatic nitrogens is 1. The number of rotatable bonds is 3. The molecule has 0 spiro atoms. The Balaban J connectivity index is 1.49. The van der Waals surface area contributed by atoms with E-state index in [2.05, 4.69) is 10.1 Å². The number of amides is 1. The number of hydrogen-bond donors (Lipinski definition) is 1. The molecule has 1 amide bonds. The molecule has 0 bridgehead atoms. The number of morpholine rings is 1. The number of hydrogen-bond acceptors (Lipinski definition) is 6. The largest absolute Gasteiger partial charge is 0.393 e. The second kappa shape index (κ2) is 6.46. The molecule has 7 nitrogen and oxygen atoms in total. The van der Waals surface area contributed by atoms with E-state index in [0.717, 1.165) is 51.3 Å². The van der Waals surface area contributed by atoms with E-state index < -0.39 is 0 Å². The minimum Gasteiger partial charge on any atom is -0.393 e. The van der Waals surface area contributed by atoms with Crippen molar-refractivity contribution >= 4 is 5.91 Å². The SMILES string of the molecule is Cc1onc(C(=O)N2C[C@H]3CC[C@@H](O)[C@H]3C2)c1CN1CCOCC1. The maximum absolute atomic E-state index is 12.9. The molecule has 2 aliphatic heterocycles. The molecule has 0 radical (unpaired) electrons. The molecule has 3 atom stereocenters. The van der Waals surface area contributed by atoms with Crippen LogP contribution in [-0.2, 0) is 11.3 Å². The van der Waals surface area contributed by atoms with Gasteiger partial charge in [0.15, 0.2) is 5.69 Å². The molecular formula is C17H25N3O4. The highest BCUT2D eigenvalue weighted by atomic mass is 16.5. The molecule has 24 heavy (non-hydrogen) atoms. The predicted octanol–water partition coefficient (Wildman–Crippen LogP) is 0.658. The number of aliphatic hydroxyl groups is 1. The van der Waals surface area contributed by atoms with Gasteiger partial charge < -0.3 is 19.3 Å². The van der Waals surface area contributed by atoms with E-state index >= 15 is 0 Å². The van der Waals surface area contributed by atoms with Crippen LogP contribution in [-0.4, -0.2) is 71.5 Å². The Kier molecular flexibility index (Phi) is 4.32. The summed E-state index contributed by atoms with van der Waals surface area (Å²) in [6, 6.07) is 0. The zero-order valence-corrected chi connectivity index (χ0v) is 14.1. The lowest BCUT2D eigenvalue weighted by Gasteiger charge is -2.26. The fourth-order valence-electron chi connectivity index (χ4n) is 4.28. The molecule has 132 valence electrons. The summed E-state index contributed by atoms with van der Waals surface area (Å²) in [5.74, 6) is 1.31. The first-order valence-corrected chi connectivity index (χ1v) is 8.86. The molecule has 7 heteroatoms. The van der Waals surface area contributed by atoms with Gasteiger partial charge in [0.25, 0.3) is 5.91 Å². The maximum Gasteiger partial charge on any atom is 0.276 e. The van der Waals surface area contributed by atoms with Gasteiger partial charge in [-0.3, -0.25) is 9.69 Å². The topological polar surface area (TPSA) is 79.0 Å². The van der Waals surface area contributed by atoms with Crippen molar-refractivity contribution in [2.24, 2.45) is 11.8 Å². The van der Waals surface area contributed by atoms with Crippen molar-refractivity contribution in [1.29, 1.82) is 0 Å². The van der Waals surface area contributed by atoms with Crippen LogP contribution in [0.4, 0.5) is 0 Å². The first kappa shape index (κ1) is 16.1. The molecule has 0 aromatic carbocycles. The van der Waals surface area contributed by atoms with Crippen molar-refractivity contribution in [2.45, 2.75) is 32.4 Å². The zero-order valence-electron chi connectivity index (χ0n) is 14.1. The van der Waals surface area contributed by atoms with Crippen LogP contribution in [0.2, 0.25) is 0 Å². The molecule has 3 heterocycles. The molecule has 1 saturated carbocycles. The standard InChI is InChI=1S/C17H25N3O4/c1-11-13(9-19-4-6-23-7-5-19)16(18-24-11)17(22)20-8-12-2-3-15(21)14(12)10-20/h12,14-15,21H,2-10H2,1H3/t12-,14+,15-/m1/s1. The van der Waals surface area contributed by atoms with Crippen LogP contribution in [0, 0.1) is 18.8 Å². The molecule has 1 aliphatic carbocycles. The van der Waals surface area contributed by atoms with Crippen molar-refractivity contribution in [1.82, 2.24) is 15.0 Å². The van der Waals surface area contributed by atoms with Gasteiger partial charge >= 0.3 is 0 Å². The highest BCUT2D eigenvalue weighted by Gasteiger charge is 2.44. The molecule has 3 aliphatic rings. The Hall–Kier alpha value is -1.44. The molecule has 1 aromatic heterocycles. The Labute approximate surface area is 141 Å². The van der Waals surface area contributed by atoms with Crippen molar-refractivity contribution < 1.29 is 19.2 Å². The molecule has 1 aromatic rings. The minimum atomic E-state index is -0.264. The highest BCUT2D eigenvalue weighted by Crippen LogP contribution is 2.38. The number of carbonyl (C=O) groups excluding carboxylic acids is 1. The molecular weight excluding hydrogens is 310 g/mol. The summed E-state index contributed by atoms with van der Waals surface area (Å²) < 4.78 is 10.7. The van der Waals surface area contributed by atoms with Crippen LogP contribution in [0.1, 0.15) is 34.7 Å². The summed E-state index contributed by atoms with van der Waals surface area (Å²) in [6.07, 6.45) is 1.61. The quantitative estimate of drug-likeness (QED) is 0.874. The molecule has 1 N–H and O–H groups in total. The molecule has 2 saturated heterocycles. The van der Waals surface area contributed by atoms with Gasteiger partial charge in [-0.15, -0.1) is 0 Å². The normalized spacial score (nSPS) is 30.8. The summed E-state index contributed by atoms with van der Waals surface area (Å²) >= 11 is 0. The number of likely N-dealkylation sites (tertiary alicyclic amines) is 1. The van der Waals surface area contributed by atoms with E-state index in [1.165, 1.54) is 0 Å². The number of nitrogens with zero attached hydrogens (tertiary/aromatic N) is 3. The van der Waals surface area contributed by atoms with Crippen molar-refractivity contribution in [3.63, 3.8) is 0 Å². The summed E-state index contributed by atoms with van der Waals surface area (Å²) in [4.78, 5) is 17.1. The van der Waals surface area contributed by atoms with E-state index in [1.54, 1.807) is 0 Å². The molecule has 3 fully saturated rings. The summed E-state index contributed by atoms with van der Waals surface area (Å²) in [6.45, 7) is 7.06. The van der Waals surface area contributed by atoms with Gasteiger partial charge in [-0.1, -0.05) is 5.16 Å². The number of fused-ring (bicyclic) bond motifs is 1. The van der Waals surface area contributed by atoms with Gasteiger partial charge in [0.05, 0.1) is 19.3 Å². The second-order valence-corrected chi connectivity index (χ2v) is 7.23. The summed E-state index contributed by atoms with van der Waals surface area (Å²) in [7, 11) is 0. The Morgan fingerprint density at radius 1 is 1.29 bits per heavy atom. The van der Waals surface area contributed by atoms with E-state index in [-0.39, 0.29) is 17.9 Å². The molecule has 0 unspecified atom stereocenters. The summed E-state index contributed by atoms with van der Waals surface area (Å²) in [5.41, 5.74) is 1.33. The Bertz CT molecular complexity index is 611. The van der Waals surface area contributed by atoms with Gasteiger partial charge in [-0.25, -0.2) is 0 Å².